The number of aliphatic hydroxyl groups is 1. The Morgan fingerprint density at radius 2 is 2.00 bits per heavy atom. The van der Waals surface area contributed by atoms with Crippen molar-refractivity contribution in [3.63, 3.8) is 0 Å². The SMILES string of the molecule is CCCCN=C(N)NC(=N)N.C[C@]12CC[C@@H]3c4ccc(O)cc4CC[C@H]3[C@@H]1CC[C@@H]2O.Cl. The fourth-order valence-corrected chi connectivity index (χ4v) is 6.08. The second kappa shape index (κ2) is 11.2. The number of rotatable bonds is 3. The number of aromatic hydroxyl groups is 1. The van der Waals surface area contributed by atoms with Crippen molar-refractivity contribution in [1.82, 2.24) is 5.32 Å². The molecule has 1 aromatic rings. The average molecular weight is 466 g/mol. The van der Waals surface area contributed by atoms with Gasteiger partial charge in [-0.1, -0.05) is 26.3 Å². The molecule has 0 saturated heterocycles. The number of unbranched alkanes of at least 4 members (excludes halogenated alkanes) is 1. The molecule has 2 fully saturated rings. The van der Waals surface area contributed by atoms with Gasteiger partial charge in [-0.3, -0.25) is 15.7 Å². The number of guanidine groups is 2. The summed E-state index contributed by atoms with van der Waals surface area (Å²) in [6.45, 7) is 5.07. The van der Waals surface area contributed by atoms with Crippen molar-refractivity contribution < 1.29 is 10.2 Å². The van der Waals surface area contributed by atoms with Crippen molar-refractivity contribution in [2.24, 2.45) is 33.7 Å². The van der Waals surface area contributed by atoms with Gasteiger partial charge in [0, 0.05) is 6.54 Å². The van der Waals surface area contributed by atoms with Crippen LogP contribution in [0.2, 0.25) is 0 Å². The number of halogens is 1. The van der Waals surface area contributed by atoms with E-state index >= 15 is 0 Å². The van der Waals surface area contributed by atoms with Crippen molar-refractivity contribution in [3.8, 4) is 5.75 Å². The number of aliphatic imine (C=N–C) groups is 1. The first-order chi connectivity index (χ1) is 14.8. The zero-order valence-corrected chi connectivity index (χ0v) is 20.1. The van der Waals surface area contributed by atoms with Crippen LogP contribution in [-0.2, 0) is 6.42 Å². The Bertz CT molecular complexity index is 818. The van der Waals surface area contributed by atoms with E-state index in [0.29, 0.717) is 24.1 Å². The highest BCUT2D eigenvalue weighted by Crippen LogP contribution is 2.60. The molecule has 8 N–H and O–H groups in total. The number of benzene rings is 1. The van der Waals surface area contributed by atoms with Gasteiger partial charge in [-0.15, -0.1) is 12.4 Å². The summed E-state index contributed by atoms with van der Waals surface area (Å²) in [5, 5.41) is 29.3. The second-order valence-corrected chi connectivity index (χ2v) is 9.60. The molecule has 3 aliphatic rings. The van der Waals surface area contributed by atoms with Gasteiger partial charge in [0.05, 0.1) is 6.10 Å². The monoisotopic (exact) mass is 465 g/mol. The van der Waals surface area contributed by atoms with E-state index < -0.39 is 0 Å². The molecule has 0 amide bonds. The lowest BCUT2D eigenvalue weighted by Gasteiger charge is -2.50. The highest BCUT2D eigenvalue weighted by atomic mass is 35.5. The first kappa shape index (κ1) is 26.3. The van der Waals surface area contributed by atoms with Gasteiger partial charge in [-0.25, -0.2) is 0 Å². The first-order valence-corrected chi connectivity index (χ1v) is 11.7. The van der Waals surface area contributed by atoms with E-state index in [9.17, 15) is 10.2 Å². The second-order valence-electron chi connectivity index (χ2n) is 9.60. The Hall–Kier alpha value is -1.99. The molecule has 0 heterocycles. The van der Waals surface area contributed by atoms with Gasteiger partial charge in [0.1, 0.15) is 5.75 Å². The molecule has 5 atom stereocenters. The van der Waals surface area contributed by atoms with Crippen LogP contribution in [0.25, 0.3) is 0 Å². The third-order valence-corrected chi connectivity index (χ3v) is 7.72. The van der Waals surface area contributed by atoms with Crippen LogP contribution in [0.3, 0.4) is 0 Å². The third kappa shape index (κ3) is 5.67. The van der Waals surface area contributed by atoms with Crippen LogP contribution in [0.5, 0.6) is 5.75 Å². The van der Waals surface area contributed by atoms with Crippen molar-refractivity contribution in [2.75, 3.05) is 6.54 Å². The molecule has 7 nitrogen and oxygen atoms in total. The van der Waals surface area contributed by atoms with E-state index in [1.54, 1.807) is 0 Å². The Balaban J connectivity index is 0.000000263. The number of aryl methyl sites for hydroxylation is 1. The number of phenols is 1. The zero-order valence-electron chi connectivity index (χ0n) is 19.3. The summed E-state index contributed by atoms with van der Waals surface area (Å²) in [6, 6.07) is 5.96. The summed E-state index contributed by atoms with van der Waals surface area (Å²) >= 11 is 0. The number of nitrogens with two attached hydrogens (primary N) is 2. The molecule has 1 aromatic carbocycles. The summed E-state index contributed by atoms with van der Waals surface area (Å²) in [5.74, 6) is 2.52. The van der Waals surface area contributed by atoms with Crippen LogP contribution in [0, 0.1) is 22.7 Å². The summed E-state index contributed by atoms with van der Waals surface area (Å²) < 4.78 is 0. The molecule has 0 spiro atoms. The maximum atomic E-state index is 10.4. The van der Waals surface area contributed by atoms with Crippen LogP contribution >= 0.6 is 12.4 Å². The first-order valence-electron chi connectivity index (χ1n) is 11.7. The van der Waals surface area contributed by atoms with E-state index in [4.69, 9.17) is 16.9 Å². The van der Waals surface area contributed by atoms with E-state index in [-0.39, 0.29) is 35.8 Å². The molecule has 8 heteroatoms. The molecule has 0 bridgehead atoms. The van der Waals surface area contributed by atoms with Crippen LogP contribution in [0.15, 0.2) is 23.2 Å². The zero-order chi connectivity index (χ0) is 22.6. The van der Waals surface area contributed by atoms with Crippen LogP contribution in [-0.4, -0.2) is 34.8 Å². The van der Waals surface area contributed by atoms with Gasteiger partial charge in [0.15, 0.2) is 11.9 Å². The predicted octanol–water partition coefficient (Wildman–Crippen LogP) is 3.62. The fourth-order valence-electron chi connectivity index (χ4n) is 6.08. The molecule has 4 rings (SSSR count). The van der Waals surface area contributed by atoms with Gasteiger partial charge >= 0.3 is 0 Å². The van der Waals surface area contributed by atoms with Gasteiger partial charge in [0.25, 0.3) is 0 Å². The number of fused-ring (bicyclic) bond motifs is 5. The minimum absolute atomic E-state index is 0. The van der Waals surface area contributed by atoms with Crippen molar-refractivity contribution in [1.29, 1.82) is 5.41 Å². The molecule has 2 saturated carbocycles. The standard InChI is InChI=1S/C18H24O2.C6H15N5.ClH/c1-18-9-8-14-13-5-3-12(19)10-11(13)2-4-15(14)16(18)6-7-17(18)20;1-2-3-4-10-6(9)11-5(7)8;/h3,5,10,14-17,19-20H,2,4,6-9H2,1H3;2-4H2,1H3,(H6,7,8,9,10,11);1H/t14-,15-,16+,17+,18+;;/m1../s1. The molecule has 0 aromatic heterocycles. The minimum atomic E-state index is -0.178. The summed E-state index contributed by atoms with van der Waals surface area (Å²) in [4.78, 5) is 3.92. The Morgan fingerprint density at radius 3 is 2.69 bits per heavy atom. The number of nitrogens with one attached hydrogen (secondary N) is 2. The molecular formula is C24H40ClN5O2. The molecule has 180 valence electrons. The van der Waals surface area contributed by atoms with Crippen LogP contribution in [0.1, 0.15) is 75.8 Å². The molecule has 0 aliphatic heterocycles. The van der Waals surface area contributed by atoms with E-state index in [1.807, 2.05) is 12.1 Å². The maximum absolute atomic E-state index is 10.4. The Labute approximate surface area is 198 Å². The minimum Gasteiger partial charge on any atom is -0.508 e. The Kier molecular flexibility index (Phi) is 9.22. The van der Waals surface area contributed by atoms with Gasteiger partial charge in [-0.2, -0.15) is 0 Å². The van der Waals surface area contributed by atoms with Gasteiger partial charge in [-0.05, 0) is 91.4 Å². The van der Waals surface area contributed by atoms with Gasteiger partial charge < -0.3 is 21.7 Å². The Morgan fingerprint density at radius 1 is 1.25 bits per heavy atom. The van der Waals surface area contributed by atoms with Crippen LogP contribution in [0.4, 0.5) is 0 Å². The topological polar surface area (TPSA) is 141 Å². The summed E-state index contributed by atoms with van der Waals surface area (Å²) in [6.07, 6.45) is 8.86. The van der Waals surface area contributed by atoms with Crippen molar-refractivity contribution in [3.05, 3.63) is 29.3 Å². The molecular weight excluding hydrogens is 426 g/mol. The number of nitrogens with zero attached hydrogens (tertiary/aromatic N) is 1. The third-order valence-electron chi connectivity index (χ3n) is 7.72. The van der Waals surface area contributed by atoms with E-state index in [2.05, 4.69) is 30.2 Å². The quantitative estimate of drug-likeness (QED) is 0.230. The lowest BCUT2D eigenvalue weighted by Crippen LogP contribution is -2.43. The maximum Gasteiger partial charge on any atom is 0.195 e. The van der Waals surface area contributed by atoms with E-state index in [1.165, 1.54) is 30.4 Å². The van der Waals surface area contributed by atoms with E-state index in [0.717, 1.165) is 38.0 Å². The molecule has 0 unspecified atom stereocenters. The number of hydrogen-bond acceptors (Lipinski definition) is 4. The van der Waals surface area contributed by atoms with Crippen LogP contribution < -0.4 is 16.8 Å². The predicted molar refractivity (Wildman–Crippen MR) is 132 cm³/mol. The fraction of sp³-hybridized carbons (Fsp3) is 0.667. The lowest BCUT2D eigenvalue weighted by atomic mass is 9.55. The van der Waals surface area contributed by atoms with Crippen molar-refractivity contribution >= 4 is 24.3 Å². The number of aliphatic hydroxyl groups excluding tert-OH is 1. The largest absolute Gasteiger partial charge is 0.508 e. The highest BCUT2D eigenvalue weighted by Gasteiger charge is 2.54. The number of phenolic OH excluding ortho intramolecular Hbond substituents is 1. The average Bonchev–Trinajstić information content (AvgIpc) is 3.02. The molecule has 3 aliphatic carbocycles. The summed E-state index contributed by atoms with van der Waals surface area (Å²) in [5.41, 5.74) is 13.3. The molecule has 0 radical (unpaired) electrons. The summed E-state index contributed by atoms with van der Waals surface area (Å²) in [7, 11) is 0. The lowest BCUT2D eigenvalue weighted by molar-refractivity contribution is -0.0226. The van der Waals surface area contributed by atoms with Gasteiger partial charge in [0.2, 0.25) is 0 Å². The number of hydrogen-bond donors (Lipinski definition) is 6. The highest BCUT2D eigenvalue weighted by molar-refractivity contribution is 5.95. The normalized spacial score (nSPS) is 30.5. The van der Waals surface area contributed by atoms with Crippen molar-refractivity contribution in [2.45, 2.75) is 77.2 Å². The molecule has 32 heavy (non-hydrogen) atoms. The smallest absolute Gasteiger partial charge is 0.195 e.